The van der Waals surface area contributed by atoms with Crippen LogP contribution in [0, 0.1) is 13.8 Å². The Morgan fingerprint density at radius 2 is 1.25 bits per heavy atom. The van der Waals surface area contributed by atoms with Gasteiger partial charge in [-0.1, -0.05) is 64.1 Å². The largest absolute Gasteiger partial charge is 0.508 e. The molecule has 0 fully saturated rings. The molecule has 1 aliphatic heterocycles. The van der Waals surface area contributed by atoms with Crippen LogP contribution >= 0.6 is 0 Å². The second-order valence-electron chi connectivity index (χ2n) is 10.5. The minimum Gasteiger partial charge on any atom is -0.508 e. The Bertz CT molecular complexity index is 1460. The summed E-state index contributed by atoms with van der Waals surface area (Å²) in [7, 11) is 0. The lowest BCUT2D eigenvalue weighted by atomic mass is 9.74. The quantitative estimate of drug-likeness (QED) is 0.296. The number of aryl methyl sites for hydroxylation is 2. The molecule has 0 atom stereocenters. The van der Waals surface area contributed by atoms with Gasteiger partial charge >= 0.3 is 5.97 Å². The normalized spacial score (nSPS) is 14.5. The van der Waals surface area contributed by atoms with Gasteiger partial charge in [0.05, 0.1) is 5.56 Å². The second kappa shape index (κ2) is 8.41. The topological polar surface area (TPSA) is 66.8 Å². The Labute approximate surface area is 212 Å². The molecule has 0 amide bonds. The van der Waals surface area contributed by atoms with Crippen molar-refractivity contribution in [2.24, 2.45) is 0 Å². The van der Waals surface area contributed by atoms with Crippen molar-refractivity contribution in [1.29, 1.82) is 0 Å². The first-order chi connectivity index (χ1) is 17.1. The van der Waals surface area contributed by atoms with Crippen LogP contribution in [0.3, 0.4) is 0 Å². The van der Waals surface area contributed by atoms with Crippen LogP contribution in [0.5, 0.6) is 11.5 Å². The van der Waals surface area contributed by atoms with Crippen molar-refractivity contribution in [1.82, 2.24) is 0 Å². The number of hydrogen-bond donors (Lipinski definition) is 2. The molecule has 4 aromatic carbocycles. The summed E-state index contributed by atoms with van der Waals surface area (Å²) in [6, 6.07) is 19.3. The van der Waals surface area contributed by atoms with Gasteiger partial charge in [-0.05, 0) is 83.0 Å². The highest BCUT2D eigenvalue weighted by Gasteiger charge is 2.51. The van der Waals surface area contributed by atoms with Gasteiger partial charge in [-0.2, -0.15) is 0 Å². The van der Waals surface area contributed by atoms with Crippen molar-refractivity contribution in [2.45, 2.75) is 59.0 Å². The molecule has 5 rings (SSSR count). The zero-order valence-electron chi connectivity index (χ0n) is 21.6. The summed E-state index contributed by atoms with van der Waals surface area (Å²) in [4.78, 5) is 13.7. The summed E-state index contributed by atoms with van der Waals surface area (Å²) >= 11 is 0. The van der Waals surface area contributed by atoms with E-state index in [1.165, 1.54) is 0 Å². The van der Waals surface area contributed by atoms with E-state index in [1.807, 2.05) is 90.1 Å². The van der Waals surface area contributed by atoms with E-state index in [4.69, 9.17) is 4.74 Å². The summed E-state index contributed by atoms with van der Waals surface area (Å²) in [6.45, 7) is 12.0. The number of esters is 1. The third kappa shape index (κ3) is 3.39. The highest BCUT2D eigenvalue weighted by molar-refractivity contribution is 6.09. The van der Waals surface area contributed by atoms with E-state index in [1.54, 1.807) is 12.1 Å². The van der Waals surface area contributed by atoms with Gasteiger partial charge in [0, 0.05) is 16.7 Å². The number of benzene rings is 4. The zero-order chi connectivity index (χ0) is 25.9. The number of carbonyl (C=O) groups excluding carboxylic acids is 1. The molecule has 0 unspecified atom stereocenters. The molecule has 1 aliphatic rings. The maximum Gasteiger partial charge on any atom is 0.340 e. The molecular weight excluding hydrogens is 448 g/mol. The van der Waals surface area contributed by atoms with Gasteiger partial charge in [0.15, 0.2) is 5.60 Å². The summed E-state index contributed by atoms with van der Waals surface area (Å²) in [5.41, 5.74) is 4.97. The van der Waals surface area contributed by atoms with E-state index in [9.17, 15) is 15.0 Å². The molecule has 0 spiro atoms. The molecular formula is C32H32O4. The van der Waals surface area contributed by atoms with Crippen molar-refractivity contribution in [3.05, 3.63) is 105 Å². The van der Waals surface area contributed by atoms with Gasteiger partial charge in [-0.15, -0.1) is 0 Å². The summed E-state index contributed by atoms with van der Waals surface area (Å²) in [5.74, 6) is 0.229. The van der Waals surface area contributed by atoms with Crippen molar-refractivity contribution >= 4 is 16.7 Å². The lowest BCUT2D eigenvalue weighted by Crippen LogP contribution is -2.32. The molecule has 0 saturated carbocycles. The molecule has 0 aliphatic carbocycles. The fourth-order valence-corrected chi connectivity index (χ4v) is 5.68. The Hall–Kier alpha value is -3.79. The fourth-order valence-electron chi connectivity index (χ4n) is 5.68. The summed E-state index contributed by atoms with van der Waals surface area (Å²) < 4.78 is 6.51. The number of aromatic hydroxyl groups is 2. The smallest absolute Gasteiger partial charge is 0.340 e. The lowest BCUT2D eigenvalue weighted by molar-refractivity contribution is 0.0248. The molecule has 4 nitrogen and oxygen atoms in total. The Balaban J connectivity index is 1.96. The van der Waals surface area contributed by atoms with Crippen LogP contribution in [0.15, 0.2) is 60.7 Å². The van der Waals surface area contributed by atoms with E-state index in [-0.39, 0.29) is 29.3 Å². The number of fused-ring (bicyclic) bond motifs is 3. The minimum absolute atomic E-state index is 0.0710. The Morgan fingerprint density at radius 3 is 1.78 bits per heavy atom. The first-order valence-corrected chi connectivity index (χ1v) is 12.5. The van der Waals surface area contributed by atoms with Crippen LogP contribution in [0.2, 0.25) is 0 Å². The van der Waals surface area contributed by atoms with E-state index < -0.39 is 5.60 Å². The lowest BCUT2D eigenvalue weighted by Gasteiger charge is -2.34. The van der Waals surface area contributed by atoms with E-state index in [2.05, 4.69) is 0 Å². The monoisotopic (exact) mass is 480 g/mol. The van der Waals surface area contributed by atoms with Gasteiger partial charge in [-0.25, -0.2) is 4.79 Å². The molecule has 184 valence electrons. The number of rotatable bonds is 4. The predicted octanol–water partition coefficient (Wildman–Crippen LogP) is 7.58. The number of cyclic esters (lactones) is 1. The standard InChI is InChI=1S/C32H32O4/c1-17(2)23-15-26(19(5)13-28(23)33)32(27-16-24(18(3)4)29(34)14-20(27)6)25-12-11-21-9-7-8-10-22(21)30(25)31(35)36-32/h7-18,33-34H,1-6H3. The Morgan fingerprint density at radius 1 is 0.722 bits per heavy atom. The van der Waals surface area contributed by atoms with Gasteiger partial charge in [0.25, 0.3) is 0 Å². The van der Waals surface area contributed by atoms with Gasteiger partial charge < -0.3 is 14.9 Å². The van der Waals surface area contributed by atoms with Crippen LogP contribution in [0.4, 0.5) is 0 Å². The zero-order valence-corrected chi connectivity index (χ0v) is 21.6. The van der Waals surface area contributed by atoms with Crippen LogP contribution in [0.25, 0.3) is 10.8 Å². The van der Waals surface area contributed by atoms with Crippen LogP contribution in [0.1, 0.15) is 88.8 Å². The number of phenols is 2. The highest BCUT2D eigenvalue weighted by Crippen LogP contribution is 2.52. The molecule has 1 heterocycles. The van der Waals surface area contributed by atoms with Crippen LogP contribution < -0.4 is 0 Å². The van der Waals surface area contributed by atoms with Crippen molar-refractivity contribution in [3.8, 4) is 11.5 Å². The third-order valence-electron chi connectivity index (χ3n) is 7.51. The molecule has 0 radical (unpaired) electrons. The van der Waals surface area contributed by atoms with Crippen LogP contribution in [-0.2, 0) is 10.3 Å². The van der Waals surface area contributed by atoms with E-state index >= 15 is 0 Å². The third-order valence-corrected chi connectivity index (χ3v) is 7.51. The maximum atomic E-state index is 13.7. The summed E-state index contributed by atoms with van der Waals surface area (Å²) in [5, 5.41) is 23.3. The second-order valence-corrected chi connectivity index (χ2v) is 10.5. The molecule has 0 aromatic heterocycles. The number of carbonyl (C=O) groups is 1. The predicted molar refractivity (Wildman–Crippen MR) is 143 cm³/mol. The first kappa shape index (κ1) is 23.9. The maximum absolute atomic E-state index is 13.7. The molecule has 4 heteroatoms. The SMILES string of the molecule is Cc1cc(O)c(C(C)C)cc1C1(c2cc(C(C)C)c(O)cc2C)OC(=O)c2c1ccc1ccccc21. The minimum atomic E-state index is -1.22. The van der Waals surface area contributed by atoms with Gasteiger partial charge in [0.1, 0.15) is 11.5 Å². The average molecular weight is 481 g/mol. The molecule has 36 heavy (non-hydrogen) atoms. The fraction of sp³-hybridized carbons (Fsp3) is 0.281. The molecule has 2 N–H and O–H groups in total. The van der Waals surface area contributed by atoms with E-state index in [0.29, 0.717) is 5.56 Å². The number of ether oxygens (including phenoxy) is 1. The molecule has 0 saturated heterocycles. The molecule has 0 bridgehead atoms. The van der Waals surface area contributed by atoms with E-state index in [0.717, 1.165) is 49.7 Å². The summed E-state index contributed by atoms with van der Waals surface area (Å²) in [6.07, 6.45) is 0. The Kier molecular flexibility index (Phi) is 5.59. The number of phenolic OH excluding ortho intramolecular Hbond substituents is 2. The molecule has 4 aromatic rings. The van der Waals surface area contributed by atoms with Gasteiger partial charge in [-0.3, -0.25) is 0 Å². The first-order valence-electron chi connectivity index (χ1n) is 12.5. The average Bonchev–Trinajstić information content (AvgIpc) is 3.11. The van der Waals surface area contributed by atoms with Crippen molar-refractivity contribution < 1.29 is 19.7 Å². The van der Waals surface area contributed by atoms with Gasteiger partial charge in [0.2, 0.25) is 0 Å². The van der Waals surface area contributed by atoms with Crippen molar-refractivity contribution in [2.75, 3.05) is 0 Å². The number of hydrogen-bond acceptors (Lipinski definition) is 4. The van der Waals surface area contributed by atoms with Crippen LogP contribution in [-0.4, -0.2) is 16.2 Å². The highest BCUT2D eigenvalue weighted by atomic mass is 16.6. The van der Waals surface area contributed by atoms with Crippen molar-refractivity contribution in [3.63, 3.8) is 0 Å².